The number of carbonyl (C=O) groups is 1. The van der Waals surface area contributed by atoms with Gasteiger partial charge in [-0.3, -0.25) is 4.79 Å². The molecule has 0 aromatic heterocycles. The number of aliphatic hydroxyl groups is 1. The minimum Gasteiger partial charge on any atom is -0.372 e. The van der Waals surface area contributed by atoms with Gasteiger partial charge in [0, 0.05) is 26.4 Å². The molecule has 0 radical (unpaired) electrons. The molecule has 1 aliphatic rings. The number of rotatable bonds is 2. The summed E-state index contributed by atoms with van der Waals surface area (Å²) in [5, 5.41) is 13.0. The van der Waals surface area contributed by atoms with Crippen molar-refractivity contribution in [3.8, 4) is 0 Å². The second-order valence-electron chi connectivity index (χ2n) is 4.01. The summed E-state index contributed by atoms with van der Waals surface area (Å²) in [6.07, 6.45) is -0.0481. The number of hydrazine groups is 1. The van der Waals surface area contributed by atoms with Crippen LogP contribution in [0.4, 0.5) is 0 Å². The smallest absolute Gasteiger partial charge is 0.236 e. The van der Waals surface area contributed by atoms with E-state index in [0.29, 0.717) is 13.0 Å². The lowest BCUT2D eigenvalue weighted by atomic mass is 10.2. The van der Waals surface area contributed by atoms with E-state index < -0.39 is 6.23 Å². The monoisotopic (exact) mass is 220 g/mol. The number of hydrogen-bond acceptors (Lipinski definition) is 3. The molecule has 2 rings (SSSR count). The van der Waals surface area contributed by atoms with Crippen LogP contribution in [0.1, 0.15) is 18.9 Å². The molecule has 1 saturated heterocycles. The number of benzene rings is 1. The molecule has 16 heavy (non-hydrogen) atoms. The largest absolute Gasteiger partial charge is 0.372 e. The number of aliphatic hydroxyl groups excluding tert-OH is 1. The Labute approximate surface area is 95.1 Å². The number of carbonyl (C=O) groups excluding carboxylic acids is 1. The highest BCUT2D eigenvalue weighted by Crippen LogP contribution is 2.19. The molecule has 4 nitrogen and oxygen atoms in total. The zero-order chi connectivity index (χ0) is 11.5. The maximum Gasteiger partial charge on any atom is 0.236 e. The molecule has 1 amide bonds. The SMILES string of the molecule is CC(=O)N1C(O)CCN1Cc1ccccc1. The van der Waals surface area contributed by atoms with E-state index in [0.717, 1.165) is 12.1 Å². The van der Waals surface area contributed by atoms with Gasteiger partial charge < -0.3 is 5.11 Å². The van der Waals surface area contributed by atoms with Gasteiger partial charge in [0.1, 0.15) is 6.23 Å². The minimum absolute atomic E-state index is 0.110. The van der Waals surface area contributed by atoms with E-state index in [1.54, 1.807) is 0 Å². The molecule has 1 atom stereocenters. The van der Waals surface area contributed by atoms with E-state index in [9.17, 15) is 9.90 Å². The van der Waals surface area contributed by atoms with Crippen molar-refractivity contribution in [3.05, 3.63) is 35.9 Å². The Balaban J connectivity index is 2.07. The highest BCUT2D eigenvalue weighted by molar-refractivity contribution is 5.73. The van der Waals surface area contributed by atoms with Crippen molar-refractivity contribution >= 4 is 5.91 Å². The van der Waals surface area contributed by atoms with Gasteiger partial charge in [0.25, 0.3) is 0 Å². The van der Waals surface area contributed by atoms with Crippen molar-refractivity contribution in [2.45, 2.75) is 26.1 Å². The summed E-state index contributed by atoms with van der Waals surface area (Å²) in [5.74, 6) is -0.110. The molecule has 0 bridgehead atoms. The Hall–Kier alpha value is -1.39. The highest BCUT2D eigenvalue weighted by Gasteiger charge is 2.31. The Morgan fingerprint density at radius 1 is 1.44 bits per heavy atom. The van der Waals surface area contributed by atoms with Gasteiger partial charge in [-0.2, -0.15) is 0 Å². The summed E-state index contributed by atoms with van der Waals surface area (Å²) < 4.78 is 0. The van der Waals surface area contributed by atoms with E-state index in [1.165, 1.54) is 11.9 Å². The van der Waals surface area contributed by atoms with E-state index in [-0.39, 0.29) is 5.91 Å². The predicted octanol–water partition coefficient (Wildman–Crippen LogP) is 0.974. The molecule has 1 unspecified atom stereocenters. The van der Waals surface area contributed by atoms with Crippen LogP contribution < -0.4 is 0 Å². The van der Waals surface area contributed by atoms with Crippen molar-refractivity contribution in [1.82, 2.24) is 10.0 Å². The average Bonchev–Trinajstić information content (AvgIpc) is 2.61. The van der Waals surface area contributed by atoms with Gasteiger partial charge in [-0.1, -0.05) is 30.3 Å². The van der Waals surface area contributed by atoms with Crippen molar-refractivity contribution in [3.63, 3.8) is 0 Å². The van der Waals surface area contributed by atoms with Crippen LogP contribution >= 0.6 is 0 Å². The molecule has 4 heteroatoms. The number of nitrogens with zero attached hydrogens (tertiary/aromatic N) is 2. The average molecular weight is 220 g/mol. The number of hydrogen-bond donors (Lipinski definition) is 1. The van der Waals surface area contributed by atoms with Gasteiger partial charge in [-0.05, 0) is 5.56 Å². The second kappa shape index (κ2) is 4.63. The molecule has 1 fully saturated rings. The Morgan fingerprint density at radius 3 is 2.75 bits per heavy atom. The summed E-state index contributed by atoms with van der Waals surface area (Å²) in [6, 6.07) is 9.94. The van der Waals surface area contributed by atoms with Crippen molar-refractivity contribution in [2.24, 2.45) is 0 Å². The van der Waals surface area contributed by atoms with Crippen molar-refractivity contribution in [2.75, 3.05) is 6.54 Å². The second-order valence-corrected chi connectivity index (χ2v) is 4.01. The van der Waals surface area contributed by atoms with Crippen LogP contribution in [0.2, 0.25) is 0 Å². The fraction of sp³-hybridized carbons (Fsp3) is 0.417. The molecule has 0 spiro atoms. The third-order valence-electron chi connectivity index (χ3n) is 2.76. The summed E-state index contributed by atoms with van der Waals surface area (Å²) in [5.41, 5.74) is 1.14. The van der Waals surface area contributed by atoms with Crippen LogP contribution in [-0.4, -0.2) is 33.8 Å². The molecule has 0 aliphatic carbocycles. The van der Waals surface area contributed by atoms with Crippen LogP contribution in [-0.2, 0) is 11.3 Å². The molecule has 1 aromatic rings. The molecule has 1 N–H and O–H groups in total. The Morgan fingerprint density at radius 2 is 2.12 bits per heavy atom. The molecular weight excluding hydrogens is 204 g/mol. The van der Waals surface area contributed by atoms with Gasteiger partial charge in [0.15, 0.2) is 0 Å². The first kappa shape index (κ1) is 11.1. The molecule has 0 saturated carbocycles. The van der Waals surface area contributed by atoms with E-state index in [1.807, 2.05) is 35.3 Å². The van der Waals surface area contributed by atoms with E-state index in [2.05, 4.69) is 0 Å². The van der Waals surface area contributed by atoms with Crippen molar-refractivity contribution in [1.29, 1.82) is 0 Å². The maximum atomic E-state index is 11.4. The summed E-state index contributed by atoms with van der Waals surface area (Å²) in [6.45, 7) is 2.86. The van der Waals surface area contributed by atoms with Gasteiger partial charge in [-0.15, -0.1) is 0 Å². The van der Waals surface area contributed by atoms with Crippen LogP contribution in [0.3, 0.4) is 0 Å². The molecular formula is C12H16N2O2. The summed E-state index contributed by atoms with van der Waals surface area (Å²) in [4.78, 5) is 11.4. The van der Waals surface area contributed by atoms with Gasteiger partial charge in [0.2, 0.25) is 5.91 Å². The highest BCUT2D eigenvalue weighted by atomic mass is 16.3. The molecule has 1 aromatic carbocycles. The molecule has 86 valence electrons. The van der Waals surface area contributed by atoms with Crippen molar-refractivity contribution < 1.29 is 9.90 Å². The van der Waals surface area contributed by atoms with E-state index in [4.69, 9.17) is 0 Å². The Bertz CT molecular complexity index is 367. The van der Waals surface area contributed by atoms with E-state index >= 15 is 0 Å². The first-order valence-electron chi connectivity index (χ1n) is 5.45. The molecule has 1 heterocycles. The quantitative estimate of drug-likeness (QED) is 0.807. The lowest BCUT2D eigenvalue weighted by Crippen LogP contribution is -2.43. The fourth-order valence-electron chi connectivity index (χ4n) is 2.04. The lowest BCUT2D eigenvalue weighted by Gasteiger charge is -2.28. The van der Waals surface area contributed by atoms with Crippen LogP contribution in [0.5, 0.6) is 0 Å². The fourth-order valence-corrected chi connectivity index (χ4v) is 2.04. The normalized spacial score (nSPS) is 21.4. The zero-order valence-corrected chi connectivity index (χ0v) is 9.34. The third-order valence-corrected chi connectivity index (χ3v) is 2.76. The molecule has 1 aliphatic heterocycles. The van der Waals surface area contributed by atoms with Gasteiger partial charge >= 0.3 is 0 Å². The summed E-state index contributed by atoms with van der Waals surface area (Å²) >= 11 is 0. The van der Waals surface area contributed by atoms with Gasteiger partial charge in [0.05, 0.1) is 0 Å². The minimum atomic E-state index is -0.666. The Kier molecular flexibility index (Phi) is 3.22. The maximum absolute atomic E-state index is 11.4. The lowest BCUT2D eigenvalue weighted by molar-refractivity contribution is -0.158. The predicted molar refractivity (Wildman–Crippen MR) is 60.0 cm³/mol. The van der Waals surface area contributed by atoms with Crippen LogP contribution in [0.25, 0.3) is 0 Å². The van der Waals surface area contributed by atoms with Crippen LogP contribution in [0.15, 0.2) is 30.3 Å². The topological polar surface area (TPSA) is 43.8 Å². The standard InChI is InChI=1S/C12H16N2O2/c1-10(15)14-12(16)7-8-13(14)9-11-5-3-2-4-6-11/h2-6,12,16H,7-9H2,1H3. The van der Waals surface area contributed by atoms with Crippen LogP contribution in [0, 0.1) is 0 Å². The summed E-state index contributed by atoms with van der Waals surface area (Å²) in [7, 11) is 0. The number of amides is 1. The first-order chi connectivity index (χ1) is 7.68. The third kappa shape index (κ3) is 2.23. The first-order valence-corrected chi connectivity index (χ1v) is 5.45. The van der Waals surface area contributed by atoms with Gasteiger partial charge in [-0.25, -0.2) is 10.0 Å². The zero-order valence-electron chi connectivity index (χ0n) is 9.34.